The van der Waals surface area contributed by atoms with E-state index in [4.69, 9.17) is 4.74 Å². The predicted molar refractivity (Wildman–Crippen MR) is 85.1 cm³/mol. The number of nitrogens with one attached hydrogen (secondary N) is 1. The lowest BCUT2D eigenvalue weighted by Gasteiger charge is -2.13. The van der Waals surface area contributed by atoms with Crippen molar-refractivity contribution in [2.45, 2.75) is 47.1 Å². The molecule has 22 heavy (non-hydrogen) atoms. The third-order valence-electron chi connectivity index (χ3n) is 3.44. The Hall–Kier alpha value is -2.18. The van der Waals surface area contributed by atoms with Gasteiger partial charge in [0.25, 0.3) is 0 Å². The number of hydrogen-bond donors (Lipinski definition) is 1. The maximum Gasteiger partial charge on any atom is 0.342 e. The zero-order chi connectivity index (χ0) is 16.1. The van der Waals surface area contributed by atoms with Gasteiger partial charge in [-0.15, -0.1) is 5.10 Å². The molecule has 0 saturated carbocycles. The fraction of sp³-hybridized carbons (Fsp3) is 0.600. The van der Waals surface area contributed by atoms with Crippen LogP contribution >= 0.6 is 0 Å². The highest BCUT2D eigenvalue weighted by Gasteiger charge is 2.23. The lowest BCUT2D eigenvalue weighted by Crippen LogP contribution is -2.14. The fourth-order valence-electron chi connectivity index (χ4n) is 2.32. The minimum absolute atomic E-state index is 0.326. The van der Waals surface area contributed by atoms with E-state index in [-0.39, 0.29) is 5.97 Å². The van der Waals surface area contributed by atoms with Gasteiger partial charge in [-0.25, -0.2) is 14.5 Å². The van der Waals surface area contributed by atoms with Gasteiger partial charge in [0.1, 0.15) is 5.56 Å². The van der Waals surface area contributed by atoms with Crippen LogP contribution in [0.2, 0.25) is 0 Å². The minimum Gasteiger partial charge on any atom is -0.462 e. The Morgan fingerprint density at radius 1 is 1.32 bits per heavy atom. The van der Waals surface area contributed by atoms with Crippen LogP contribution in [0, 0.1) is 6.92 Å². The first-order valence-corrected chi connectivity index (χ1v) is 7.78. The van der Waals surface area contributed by atoms with Gasteiger partial charge < -0.3 is 10.1 Å². The number of pyridine rings is 1. The number of carbonyl (C=O) groups is 1. The van der Waals surface area contributed by atoms with E-state index in [1.165, 1.54) is 0 Å². The molecule has 2 heterocycles. The molecule has 0 aliphatic carbocycles. The van der Waals surface area contributed by atoms with Crippen LogP contribution in [0.4, 0.5) is 5.69 Å². The molecule has 0 aliphatic heterocycles. The van der Waals surface area contributed by atoms with Crippen LogP contribution < -0.4 is 5.32 Å². The van der Waals surface area contributed by atoms with Crippen molar-refractivity contribution < 1.29 is 9.53 Å². The summed E-state index contributed by atoms with van der Waals surface area (Å²) in [5.41, 5.74) is 3.06. The van der Waals surface area contributed by atoms with Gasteiger partial charge in [-0.1, -0.05) is 18.6 Å². The first kappa shape index (κ1) is 16.2. The van der Waals surface area contributed by atoms with Crippen molar-refractivity contribution in [1.29, 1.82) is 0 Å². The molecule has 0 atom stereocenters. The first-order valence-electron chi connectivity index (χ1n) is 7.78. The molecule has 0 radical (unpaired) electrons. The Balaban J connectivity index is 2.57. The van der Waals surface area contributed by atoms with Crippen molar-refractivity contribution in [2.24, 2.45) is 0 Å². The topological polar surface area (TPSA) is 81.9 Å². The SMILES string of the molecule is CCCCNc1c(C(=O)OCC)c(C)nc2c1nnn2CC. The maximum absolute atomic E-state index is 12.3. The second kappa shape index (κ2) is 7.20. The quantitative estimate of drug-likeness (QED) is 0.625. The third kappa shape index (κ3) is 3.03. The smallest absolute Gasteiger partial charge is 0.342 e. The van der Waals surface area contributed by atoms with Gasteiger partial charge in [0.05, 0.1) is 18.0 Å². The van der Waals surface area contributed by atoms with Crippen LogP contribution in [0.5, 0.6) is 0 Å². The molecule has 0 aromatic carbocycles. The summed E-state index contributed by atoms with van der Waals surface area (Å²) in [5, 5.41) is 11.6. The number of carbonyl (C=O) groups excluding carboxylic acids is 1. The molecule has 0 unspecified atom stereocenters. The number of aryl methyl sites for hydroxylation is 2. The Morgan fingerprint density at radius 2 is 2.09 bits per heavy atom. The molecule has 0 bridgehead atoms. The highest BCUT2D eigenvalue weighted by atomic mass is 16.5. The van der Waals surface area contributed by atoms with Crippen molar-refractivity contribution in [3.05, 3.63) is 11.3 Å². The molecular weight excluding hydrogens is 282 g/mol. The van der Waals surface area contributed by atoms with E-state index in [1.54, 1.807) is 11.6 Å². The van der Waals surface area contributed by atoms with Gasteiger partial charge in [-0.2, -0.15) is 0 Å². The second-order valence-electron chi connectivity index (χ2n) is 5.03. The summed E-state index contributed by atoms with van der Waals surface area (Å²) < 4.78 is 6.89. The van der Waals surface area contributed by atoms with E-state index in [2.05, 4.69) is 27.5 Å². The zero-order valence-corrected chi connectivity index (χ0v) is 13.6. The number of hydrogen-bond acceptors (Lipinski definition) is 6. The molecule has 2 rings (SSSR count). The van der Waals surface area contributed by atoms with E-state index in [1.807, 2.05) is 13.8 Å². The molecule has 0 aliphatic rings. The number of nitrogens with zero attached hydrogens (tertiary/aromatic N) is 4. The molecule has 0 amide bonds. The molecule has 1 N–H and O–H groups in total. The summed E-state index contributed by atoms with van der Waals surface area (Å²) in [6.45, 7) is 9.46. The van der Waals surface area contributed by atoms with Crippen LogP contribution in [-0.2, 0) is 11.3 Å². The molecular formula is C15H23N5O2. The number of aromatic nitrogens is 4. The van der Waals surface area contributed by atoms with Gasteiger partial charge >= 0.3 is 5.97 Å². The standard InChI is InChI=1S/C15H23N5O2/c1-5-8-9-16-12-11(15(21)22-7-3)10(4)17-14-13(12)18-19-20(14)6-2/h5-9H2,1-4H3,(H,16,17). The van der Waals surface area contributed by atoms with Crippen LogP contribution in [-0.4, -0.2) is 39.1 Å². The third-order valence-corrected chi connectivity index (χ3v) is 3.44. The Morgan fingerprint density at radius 3 is 2.73 bits per heavy atom. The van der Waals surface area contributed by atoms with Gasteiger partial charge in [0.15, 0.2) is 11.2 Å². The highest BCUT2D eigenvalue weighted by molar-refractivity contribution is 6.04. The largest absolute Gasteiger partial charge is 0.462 e. The van der Waals surface area contributed by atoms with Crippen LogP contribution in [0.25, 0.3) is 11.2 Å². The number of ether oxygens (including phenoxy) is 1. The van der Waals surface area contributed by atoms with Gasteiger partial charge in [0.2, 0.25) is 0 Å². The fourth-order valence-corrected chi connectivity index (χ4v) is 2.32. The number of esters is 1. The van der Waals surface area contributed by atoms with Crippen molar-refractivity contribution >= 4 is 22.8 Å². The average Bonchev–Trinajstić information content (AvgIpc) is 2.90. The summed E-state index contributed by atoms with van der Waals surface area (Å²) in [7, 11) is 0. The summed E-state index contributed by atoms with van der Waals surface area (Å²) in [4.78, 5) is 16.8. The van der Waals surface area contributed by atoms with Crippen molar-refractivity contribution in [2.75, 3.05) is 18.5 Å². The van der Waals surface area contributed by atoms with Gasteiger partial charge in [-0.3, -0.25) is 0 Å². The minimum atomic E-state index is -0.376. The molecule has 120 valence electrons. The van der Waals surface area contributed by atoms with Gasteiger partial charge in [-0.05, 0) is 27.2 Å². The monoisotopic (exact) mass is 305 g/mol. The number of unbranched alkanes of at least 4 members (excludes halogenated alkanes) is 1. The van der Waals surface area contributed by atoms with Crippen LogP contribution in [0.3, 0.4) is 0 Å². The Kier molecular flexibility index (Phi) is 5.30. The number of rotatable bonds is 7. The molecule has 0 saturated heterocycles. The van der Waals surface area contributed by atoms with Crippen molar-refractivity contribution in [3.63, 3.8) is 0 Å². The van der Waals surface area contributed by atoms with E-state index in [0.717, 1.165) is 19.4 Å². The van der Waals surface area contributed by atoms with E-state index in [0.29, 0.717) is 41.3 Å². The van der Waals surface area contributed by atoms with Crippen molar-refractivity contribution in [1.82, 2.24) is 20.0 Å². The summed E-state index contributed by atoms with van der Waals surface area (Å²) in [6, 6.07) is 0. The normalized spacial score (nSPS) is 10.9. The van der Waals surface area contributed by atoms with Crippen LogP contribution in [0.15, 0.2) is 0 Å². The Bertz CT molecular complexity index is 665. The average molecular weight is 305 g/mol. The van der Waals surface area contributed by atoms with Crippen LogP contribution in [0.1, 0.15) is 49.7 Å². The molecule has 0 spiro atoms. The Labute approximate surface area is 130 Å². The van der Waals surface area contributed by atoms with E-state index >= 15 is 0 Å². The number of anilines is 1. The lowest BCUT2D eigenvalue weighted by atomic mass is 10.1. The number of fused-ring (bicyclic) bond motifs is 1. The van der Waals surface area contributed by atoms with E-state index < -0.39 is 0 Å². The zero-order valence-electron chi connectivity index (χ0n) is 13.6. The van der Waals surface area contributed by atoms with Crippen molar-refractivity contribution in [3.8, 4) is 0 Å². The maximum atomic E-state index is 12.3. The molecule has 0 fully saturated rings. The molecule has 2 aromatic rings. The predicted octanol–water partition coefficient (Wildman–Crippen LogP) is 2.54. The summed E-state index contributed by atoms with van der Waals surface area (Å²) in [6.07, 6.45) is 2.07. The molecule has 2 aromatic heterocycles. The second-order valence-corrected chi connectivity index (χ2v) is 5.03. The first-order chi connectivity index (χ1) is 10.6. The summed E-state index contributed by atoms with van der Waals surface area (Å²) in [5.74, 6) is -0.376. The summed E-state index contributed by atoms with van der Waals surface area (Å²) >= 11 is 0. The molecule has 7 nitrogen and oxygen atoms in total. The lowest BCUT2D eigenvalue weighted by molar-refractivity contribution is 0.0526. The molecule has 7 heteroatoms. The highest BCUT2D eigenvalue weighted by Crippen LogP contribution is 2.27. The van der Waals surface area contributed by atoms with Gasteiger partial charge in [0, 0.05) is 13.1 Å². The van der Waals surface area contributed by atoms with E-state index in [9.17, 15) is 4.79 Å².